The van der Waals surface area contributed by atoms with Crippen molar-refractivity contribution in [1.82, 2.24) is 0 Å². The highest BCUT2D eigenvalue weighted by Gasteiger charge is 2.24. The molecule has 23 heavy (non-hydrogen) atoms. The molecule has 1 aliphatic rings. The quantitative estimate of drug-likeness (QED) is 0.847. The molecule has 2 aromatic rings. The summed E-state index contributed by atoms with van der Waals surface area (Å²) in [6.45, 7) is 2.29. The number of fused-ring (bicyclic) bond motifs is 1. The number of rotatable bonds is 2. The van der Waals surface area contributed by atoms with Crippen LogP contribution in [0, 0.1) is 0 Å². The summed E-state index contributed by atoms with van der Waals surface area (Å²) in [5, 5.41) is 3.35. The van der Waals surface area contributed by atoms with Crippen molar-refractivity contribution in [2.24, 2.45) is 0 Å². The molecule has 3 rings (SSSR count). The summed E-state index contributed by atoms with van der Waals surface area (Å²) in [5.74, 6) is 0.524. The number of ketones is 1. The van der Waals surface area contributed by atoms with E-state index in [2.05, 4.69) is 5.32 Å². The molecule has 0 radical (unpaired) electrons. The molecule has 118 valence electrons. The summed E-state index contributed by atoms with van der Waals surface area (Å²) in [6.07, 6.45) is 0. The van der Waals surface area contributed by atoms with E-state index in [0.717, 1.165) is 0 Å². The van der Waals surface area contributed by atoms with Crippen molar-refractivity contribution >= 4 is 34.8 Å². The number of anilines is 2. The Balaban J connectivity index is 1.88. The van der Waals surface area contributed by atoms with Crippen LogP contribution < -0.4 is 15.0 Å². The summed E-state index contributed by atoms with van der Waals surface area (Å²) >= 11 is 5.93. The van der Waals surface area contributed by atoms with Gasteiger partial charge in [0.15, 0.2) is 5.78 Å². The maximum Gasteiger partial charge on any atom is 0.326 e. The fourth-order valence-corrected chi connectivity index (χ4v) is 2.60. The minimum absolute atomic E-state index is 0.0615. The Kier molecular flexibility index (Phi) is 4.21. The van der Waals surface area contributed by atoms with Gasteiger partial charge in [0.1, 0.15) is 12.4 Å². The topological polar surface area (TPSA) is 58.6 Å². The van der Waals surface area contributed by atoms with Crippen LogP contribution in [-0.2, 0) is 0 Å². The van der Waals surface area contributed by atoms with E-state index in [1.165, 1.54) is 6.92 Å². The van der Waals surface area contributed by atoms with E-state index in [4.69, 9.17) is 16.3 Å². The van der Waals surface area contributed by atoms with E-state index in [-0.39, 0.29) is 11.8 Å². The number of carbonyl (C=O) groups is 2. The molecule has 0 aliphatic carbocycles. The van der Waals surface area contributed by atoms with Gasteiger partial charge in [-0.3, -0.25) is 9.69 Å². The predicted octanol–water partition coefficient (Wildman–Crippen LogP) is 3.97. The average molecular weight is 331 g/mol. The number of urea groups is 1. The van der Waals surface area contributed by atoms with Crippen molar-refractivity contribution in [3.8, 4) is 5.75 Å². The lowest BCUT2D eigenvalue weighted by molar-refractivity contribution is 0.101. The van der Waals surface area contributed by atoms with Crippen molar-refractivity contribution in [3.63, 3.8) is 0 Å². The van der Waals surface area contributed by atoms with Crippen molar-refractivity contribution in [2.75, 3.05) is 23.4 Å². The van der Waals surface area contributed by atoms with Gasteiger partial charge in [-0.15, -0.1) is 0 Å². The molecule has 1 aliphatic heterocycles. The first kappa shape index (κ1) is 15.4. The van der Waals surface area contributed by atoms with Crippen molar-refractivity contribution in [2.45, 2.75) is 6.92 Å². The third-order valence-electron chi connectivity index (χ3n) is 3.55. The number of ether oxygens (including phenoxy) is 1. The molecule has 0 fully saturated rings. The zero-order valence-electron chi connectivity index (χ0n) is 12.5. The minimum atomic E-state index is -0.294. The van der Waals surface area contributed by atoms with Gasteiger partial charge in [-0.05, 0) is 43.3 Å². The van der Waals surface area contributed by atoms with E-state index in [1.807, 2.05) is 0 Å². The third-order valence-corrected chi connectivity index (χ3v) is 3.78. The summed E-state index contributed by atoms with van der Waals surface area (Å²) in [6, 6.07) is 11.7. The molecule has 1 N–H and O–H groups in total. The summed E-state index contributed by atoms with van der Waals surface area (Å²) < 4.78 is 5.55. The minimum Gasteiger partial charge on any atom is -0.490 e. The number of nitrogens with zero attached hydrogens (tertiary/aromatic N) is 1. The summed E-state index contributed by atoms with van der Waals surface area (Å²) in [5.41, 5.74) is 1.73. The van der Waals surface area contributed by atoms with Gasteiger partial charge in [-0.25, -0.2) is 4.79 Å². The van der Waals surface area contributed by atoms with Crippen LogP contribution in [0.25, 0.3) is 0 Å². The molecule has 0 saturated carbocycles. The maximum atomic E-state index is 12.6. The molecular weight excluding hydrogens is 316 g/mol. The lowest BCUT2D eigenvalue weighted by Gasteiger charge is -2.30. The van der Waals surface area contributed by atoms with Crippen LogP contribution in [0.3, 0.4) is 0 Å². The molecular formula is C17H15ClN2O3. The predicted molar refractivity (Wildman–Crippen MR) is 89.8 cm³/mol. The maximum absolute atomic E-state index is 12.6. The Labute approximate surface area is 138 Å². The van der Waals surface area contributed by atoms with Gasteiger partial charge in [0.05, 0.1) is 12.2 Å². The Bertz CT molecular complexity index is 776. The van der Waals surface area contributed by atoms with Crippen molar-refractivity contribution < 1.29 is 14.3 Å². The van der Waals surface area contributed by atoms with Gasteiger partial charge in [0, 0.05) is 16.3 Å². The standard InChI is InChI=1S/C17H15ClN2O3/c1-11(21)12-5-6-16-15(9-12)20(7-8-23-16)17(22)19-14-4-2-3-13(18)10-14/h2-6,9-10H,7-8H2,1H3,(H,19,22). The Hall–Kier alpha value is -2.53. The van der Waals surface area contributed by atoms with Crippen LogP contribution in [0.5, 0.6) is 5.75 Å². The lowest BCUT2D eigenvalue weighted by atomic mass is 10.1. The number of Topliss-reactive ketones (excluding diaryl/α,β-unsaturated/α-hetero) is 1. The van der Waals surface area contributed by atoms with Crippen LogP contribution >= 0.6 is 11.6 Å². The molecule has 1 heterocycles. The Morgan fingerprint density at radius 2 is 2.04 bits per heavy atom. The van der Waals surface area contributed by atoms with Crippen molar-refractivity contribution in [3.05, 3.63) is 53.1 Å². The van der Waals surface area contributed by atoms with E-state index < -0.39 is 0 Å². The Morgan fingerprint density at radius 1 is 1.22 bits per heavy atom. The van der Waals surface area contributed by atoms with Gasteiger partial charge in [0.2, 0.25) is 0 Å². The number of amides is 2. The molecule has 0 bridgehead atoms. The van der Waals surface area contributed by atoms with Crippen LogP contribution in [0.15, 0.2) is 42.5 Å². The highest BCUT2D eigenvalue weighted by atomic mass is 35.5. The SMILES string of the molecule is CC(=O)c1ccc2c(c1)N(C(=O)Nc1cccc(Cl)c1)CCO2. The number of halogens is 1. The second-order valence-electron chi connectivity index (χ2n) is 5.18. The van der Waals surface area contributed by atoms with Gasteiger partial charge in [0.25, 0.3) is 0 Å². The fourth-order valence-electron chi connectivity index (χ4n) is 2.40. The smallest absolute Gasteiger partial charge is 0.326 e. The first-order valence-electron chi connectivity index (χ1n) is 7.16. The molecule has 0 atom stereocenters. The highest BCUT2D eigenvalue weighted by molar-refractivity contribution is 6.30. The van der Waals surface area contributed by atoms with E-state index >= 15 is 0 Å². The molecule has 2 amide bonds. The van der Waals surface area contributed by atoms with Crippen molar-refractivity contribution in [1.29, 1.82) is 0 Å². The largest absolute Gasteiger partial charge is 0.490 e. The first-order valence-corrected chi connectivity index (χ1v) is 7.54. The van der Waals surface area contributed by atoms with Crippen LogP contribution in [0.2, 0.25) is 5.02 Å². The van der Waals surface area contributed by atoms with E-state index in [1.54, 1.807) is 47.4 Å². The second-order valence-corrected chi connectivity index (χ2v) is 5.62. The monoisotopic (exact) mass is 330 g/mol. The molecule has 0 aromatic heterocycles. The number of nitrogens with one attached hydrogen (secondary N) is 1. The zero-order chi connectivity index (χ0) is 16.4. The van der Waals surface area contributed by atoms with Crippen LogP contribution in [-0.4, -0.2) is 25.0 Å². The normalized spacial score (nSPS) is 13.0. The number of carbonyl (C=O) groups excluding carboxylic acids is 2. The molecule has 5 nitrogen and oxygen atoms in total. The van der Waals surface area contributed by atoms with Gasteiger partial charge < -0.3 is 10.1 Å². The lowest BCUT2D eigenvalue weighted by Crippen LogP contribution is -2.40. The second kappa shape index (κ2) is 6.30. The van der Waals surface area contributed by atoms with Crippen LogP contribution in [0.1, 0.15) is 17.3 Å². The number of hydrogen-bond donors (Lipinski definition) is 1. The average Bonchev–Trinajstić information content (AvgIpc) is 2.53. The zero-order valence-corrected chi connectivity index (χ0v) is 13.3. The number of hydrogen-bond acceptors (Lipinski definition) is 3. The van der Waals surface area contributed by atoms with Gasteiger partial charge in [-0.2, -0.15) is 0 Å². The molecule has 2 aromatic carbocycles. The third kappa shape index (κ3) is 3.29. The van der Waals surface area contributed by atoms with Gasteiger partial charge >= 0.3 is 6.03 Å². The number of benzene rings is 2. The molecule has 6 heteroatoms. The summed E-state index contributed by atoms with van der Waals surface area (Å²) in [4.78, 5) is 25.7. The Morgan fingerprint density at radius 3 is 2.78 bits per heavy atom. The van der Waals surface area contributed by atoms with E-state index in [0.29, 0.717) is 40.9 Å². The summed E-state index contributed by atoms with van der Waals surface area (Å²) in [7, 11) is 0. The molecule has 0 unspecified atom stereocenters. The van der Waals surface area contributed by atoms with Gasteiger partial charge in [-0.1, -0.05) is 17.7 Å². The van der Waals surface area contributed by atoms with Crippen LogP contribution in [0.4, 0.5) is 16.2 Å². The molecule has 0 saturated heterocycles. The highest BCUT2D eigenvalue weighted by Crippen LogP contribution is 2.33. The van der Waals surface area contributed by atoms with E-state index in [9.17, 15) is 9.59 Å². The fraction of sp³-hybridized carbons (Fsp3) is 0.176. The first-order chi connectivity index (χ1) is 11.0. The molecule has 0 spiro atoms.